The summed E-state index contributed by atoms with van der Waals surface area (Å²) in [7, 11) is 0. The van der Waals surface area contributed by atoms with Gasteiger partial charge >= 0.3 is 0 Å². The first-order valence-electron chi connectivity index (χ1n) is 7.61. The van der Waals surface area contributed by atoms with E-state index in [9.17, 15) is 9.59 Å². The number of nitrogens with zero attached hydrogens (tertiary/aromatic N) is 3. The van der Waals surface area contributed by atoms with Crippen LogP contribution in [0.2, 0.25) is 0 Å². The Kier molecular flexibility index (Phi) is 3.92. The lowest BCUT2D eigenvalue weighted by Gasteiger charge is -2.15. The number of anilines is 1. The van der Waals surface area contributed by atoms with E-state index in [-0.39, 0.29) is 11.4 Å². The summed E-state index contributed by atoms with van der Waals surface area (Å²) in [5.41, 5.74) is 2.05. The third kappa shape index (κ3) is 2.68. The monoisotopic (exact) mass is 326 g/mol. The highest BCUT2D eigenvalue weighted by Crippen LogP contribution is 2.18. The summed E-state index contributed by atoms with van der Waals surface area (Å²) in [5, 5.41) is 11.5. The zero-order chi connectivity index (χ0) is 17.4. The van der Waals surface area contributed by atoms with Gasteiger partial charge in [-0.25, -0.2) is 4.68 Å². The predicted octanol–water partition coefficient (Wildman–Crippen LogP) is 2.51. The van der Waals surface area contributed by atoms with Gasteiger partial charge in [-0.3, -0.25) is 9.59 Å². The summed E-state index contributed by atoms with van der Waals surface area (Å²) in [6.07, 6.45) is 0. The Balaban J connectivity index is 1.96. The second kappa shape index (κ2) is 5.92. The second-order valence-electron chi connectivity index (χ2n) is 5.83. The van der Waals surface area contributed by atoms with Gasteiger partial charge < -0.3 is 9.84 Å². The molecule has 0 aliphatic rings. The number of hydrogen-bond donors (Lipinski definition) is 1. The topological polar surface area (TPSA) is 90.0 Å². The molecule has 0 radical (unpaired) electrons. The van der Waals surface area contributed by atoms with Gasteiger partial charge in [0.1, 0.15) is 11.8 Å². The normalized spacial score (nSPS) is 12.3. The first-order valence-corrected chi connectivity index (χ1v) is 7.61. The molecule has 3 aromatic rings. The molecule has 3 rings (SSSR count). The molecule has 1 aromatic carbocycles. The number of amides is 1. The van der Waals surface area contributed by atoms with Crippen molar-refractivity contribution < 1.29 is 9.32 Å². The minimum Gasteiger partial charge on any atom is -0.360 e. The fourth-order valence-corrected chi connectivity index (χ4v) is 2.65. The number of carbonyl (C=O) groups is 1. The molecule has 0 aliphatic heterocycles. The lowest BCUT2D eigenvalue weighted by atomic mass is 10.2. The van der Waals surface area contributed by atoms with Crippen LogP contribution >= 0.6 is 0 Å². The number of hydrogen-bond acceptors (Lipinski definition) is 5. The number of rotatable bonds is 3. The van der Waals surface area contributed by atoms with Gasteiger partial charge in [0.15, 0.2) is 5.52 Å². The van der Waals surface area contributed by atoms with Crippen LogP contribution in [0, 0.1) is 20.8 Å². The Morgan fingerprint density at radius 1 is 1.29 bits per heavy atom. The summed E-state index contributed by atoms with van der Waals surface area (Å²) < 4.78 is 6.22. The molecule has 7 heteroatoms. The van der Waals surface area contributed by atoms with Crippen LogP contribution in [0.4, 0.5) is 5.69 Å². The van der Waals surface area contributed by atoms with Gasteiger partial charge in [0.2, 0.25) is 5.91 Å². The highest BCUT2D eigenvalue weighted by molar-refractivity contribution is 5.93. The zero-order valence-electron chi connectivity index (χ0n) is 14.0. The molecule has 1 amide bonds. The van der Waals surface area contributed by atoms with Crippen LogP contribution in [0.25, 0.3) is 10.9 Å². The van der Waals surface area contributed by atoms with Gasteiger partial charge in [-0.05, 0) is 45.4 Å². The summed E-state index contributed by atoms with van der Waals surface area (Å²) in [5.74, 6) is 0.213. The van der Waals surface area contributed by atoms with Crippen molar-refractivity contribution >= 4 is 22.5 Å². The average molecular weight is 326 g/mol. The van der Waals surface area contributed by atoms with Gasteiger partial charge in [0, 0.05) is 5.69 Å². The Bertz CT molecular complexity index is 987. The molecular formula is C17H18N4O3. The molecule has 1 unspecified atom stereocenters. The Hall–Kier alpha value is -2.96. The number of benzene rings is 1. The predicted molar refractivity (Wildman–Crippen MR) is 90.1 cm³/mol. The number of fused-ring (bicyclic) bond motifs is 1. The van der Waals surface area contributed by atoms with Crippen molar-refractivity contribution in [3.05, 3.63) is 51.6 Å². The molecule has 0 fully saturated rings. The molecule has 1 atom stereocenters. The fraction of sp³-hybridized carbons (Fsp3) is 0.294. The van der Waals surface area contributed by atoms with Crippen LogP contribution in [0.3, 0.4) is 0 Å². The lowest BCUT2D eigenvalue weighted by Crippen LogP contribution is -2.34. The largest absolute Gasteiger partial charge is 0.360 e. The van der Waals surface area contributed by atoms with Crippen LogP contribution in [-0.2, 0) is 4.79 Å². The highest BCUT2D eigenvalue weighted by Gasteiger charge is 2.22. The van der Waals surface area contributed by atoms with E-state index in [0.717, 1.165) is 10.2 Å². The fourth-order valence-electron chi connectivity index (χ4n) is 2.65. The molecule has 0 spiro atoms. The summed E-state index contributed by atoms with van der Waals surface area (Å²) in [4.78, 5) is 25.0. The smallest absolute Gasteiger partial charge is 0.297 e. The number of carbonyl (C=O) groups excluding carboxylic acids is 1. The van der Waals surface area contributed by atoms with Crippen molar-refractivity contribution in [2.45, 2.75) is 33.7 Å². The maximum atomic E-state index is 12.5. The minimum atomic E-state index is -0.780. The molecule has 7 nitrogen and oxygen atoms in total. The number of aromatic nitrogens is 3. The van der Waals surface area contributed by atoms with E-state index in [1.807, 2.05) is 25.1 Å². The third-order valence-corrected chi connectivity index (χ3v) is 3.92. The third-order valence-electron chi connectivity index (χ3n) is 3.92. The molecule has 0 aliphatic carbocycles. The van der Waals surface area contributed by atoms with Crippen LogP contribution in [0.1, 0.15) is 30.0 Å². The van der Waals surface area contributed by atoms with E-state index < -0.39 is 11.6 Å². The molecule has 0 bridgehead atoms. The summed E-state index contributed by atoms with van der Waals surface area (Å²) in [6, 6.07) is 6.67. The average Bonchev–Trinajstić information content (AvgIpc) is 2.93. The van der Waals surface area contributed by atoms with Crippen LogP contribution in [0.15, 0.2) is 33.6 Å². The maximum Gasteiger partial charge on any atom is 0.297 e. The van der Waals surface area contributed by atoms with Gasteiger partial charge in [0.25, 0.3) is 5.56 Å². The van der Waals surface area contributed by atoms with Gasteiger partial charge in [0.05, 0.1) is 11.1 Å². The first-order chi connectivity index (χ1) is 11.4. The minimum absolute atomic E-state index is 0.190. The molecule has 0 saturated heterocycles. The van der Waals surface area contributed by atoms with Gasteiger partial charge in [-0.1, -0.05) is 17.3 Å². The quantitative estimate of drug-likeness (QED) is 0.798. The lowest BCUT2D eigenvalue weighted by molar-refractivity contribution is -0.119. The van der Waals surface area contributed by atoms with Crippen molar-refractivity contribution in [2.75, 3.05) is 5.32 Å². The van der Waals surface area contributed by atoms with Crippen molar-refractivity contribution in [1.29, 1.82) is 0 Å². The van der Waals surface area contributed by atoms with E-state index >= 15 is 0 Å². The maximum absolute atomic E-state index is 12.5. The summed E-state index contributed by atoms with van der Waals surface area (Å²) >= 11 is 0. The molecular weight excluding hydrogens is 308 g/mol. The number of nitrogens with one attached hydrogen (secondary N) is 1. The standard InChI is InChI=1S/C17H18N4O3/c1-9-6-5-7-13(8-9)18-16(22)11(3)21-17(23)15-14(10(2)19-21)12(4)24-20-15/h5-8,11H,1-4H3,(H,18,22). The van der Waals surface area contributed by atoms with Gasteiger partial charge in [-0.15, -0.1) is 0 Å². The number of aryl methyl sites for hydroxylation is 3. The molecule has 0 saturated carbocycles. The van der Waals surface area contributed by atoms with E-state index in [0.29, 0.717) is 22.5 Å². The van der Waals surface area contributed by atoms with Crippen LogP contribution in [-0.4, -0.2) is 20.8 Å². The first kappa shape index (κ1) is 15.9. The molecule has 2 heterocycles. The Labute approximate surface area is 138 Å². The van der Waals surface area contributed by atoms with Crippen molar-refractivity contribution in [2.24, 2.45) is 0 Å². The molecule has 2 aromatic heterocycles. The summed E-state index contributed by atoms with van der Waals surface area (Å²) in [6.45, 7) is 7.04. The van der Waals surface area contributed by atoms with Crippen LogP contribution < -0.4 is 10.9 Å². The van der Waals surface area contributed by atoms with Gasteiger partial charge in [-0.2, -0.15) is 5.10 Å². The van der Waals surface area contributed by atoms with E-state index in [1.54, 1.807) is 26.8 Å². The highest BCUT2D eigenvalue weighted by atomic mass is 16.5. The van der Waals surface area contributed by atoms with Crippen LogP contribution in [0.5, 0.6) is 0 Å². The zero-order valence-corrected chi connectivity index (χ0v) is 14.0. The van der Waals surface area contributed by atoms with Crippen molar-refractivity contribution in [3.63, 3.8) is 0 Å². The van der Waals surface area contributed by atoms with Crippen molar-refractivity contribution in [1.82, 2.24) is 14.9 Å². The molecule has 24 heavy (non-hydrogen) atoms. The van der Waals surface area contributed by atoms with E-state index in [1.165, 1.54) is 0 Å². The second-order valence-corrected chi connectivity index (χ2v) is 5.83. The van der Waals surface area contributed by atoms with E-state index in [2.05, 4.69) is 15.6 Å². The Morgan fingerprint density at radius 3 is 2.75 bits per heavy atom. The van der Waals surface area contributed by atoms with Crippen molar-refractivity contribution in [3.8, 4) is 0 Å². The molecule has 1 N–H and O–H groups in total. The Morgan fingerprint density at radius 2 is 2.04 bits per heavy atom. The molecule has 124 valence electrons. The SMILES string of the molecule is Cc1cccc(NC(=O)C(C)n2nc(C)c3c(C)onc3c2=O)c1. The van der Waals surface area contributed by atoms with E-state index in [4.69, 9.17) is 4.52 Å².